The molecule has 10 nitrogen and oxygen atoms in total. The van der Waals surface area contributed by atoms with Crippen molar-refractivity contribution >= 4 is 58.8 Å². The van der Waals surface area contributed by atoms with Crippen LogP contribution in [0, 0.1) is 13.8 Å². The summed E-state index contributed by atoms with van der Waals surface area (Å²) in [5.74, 6) is -0.414. The van der Waals surface area contributed by atoms with Crippen LogP contribution in [0.4, 0.5) is 17.1 Å². The van der Waals surface area contributed by atoms with Crippen LogP contribution in [0.1, 0.15) is 11.1 Å². The van der Waals surface area contributed by atoms with Crippen molar-refractivity contribution in [3.63, 3.8) is 0 Å². The van der Waals surface area contributed by atoms with Gasteiger partial charge in [-0.3, -0.25) is 9.11 Å². The molecule has 4 aromatic rings. The fourth-order valence-corrected chi connectivity index (χ4v) is 5.18. The maximum absolute atomic E-state index is 12.1. The molecule has 0 unspecified atom stereocenters. The molecule has 12 heteroatoms. The first-order valence-corrected chi connectivity index (χ1v) is 12.6. The quantitative estimate of drug-likeness (QED) is 0.175. The molecule has 4 aromatic carbocycles. The maximum atomic E-state index is 12.1. The van der Waals surface area contributed by atoms with Gasteiger partial charge in [0, 0.05) is 16.5 Å². The van der Waals surface area contributed by atoms with Crippen LogP contribution < -0.4 is 5.73 Å². The average molecular weight is 502 g/mol. The lowest BCUT2D eigenvalue weighted by Crippen LogP contribution is -2.00. The highest BCUT2D eigenvalue weighted by Crippen LogP contribution is 2.43. The molecular formula is C22H19N3O7S2. The van der Waals surface area contributed by atoms with E-state index in [0.717, 1.165) is 17.7 Å². The Hall–Kier alpha value is -3.58. The number of anilines is 1. The van der Waals surface area contributed by atoms with Crippen LogP contribution >= 0.6 is 0 Å². The summed E-state index contributed by atoms with van der Waals surface area (Å²) in [7, 11) is -9.20. The third-order valence-corrected chi connectivity index (χ3v) is 7.07. The van der Waals surface area contributed by atoms with E-state index < -0.39 is 35.8 Å². The minimum Gasteiger partial charge on any atom is -0.505 e. The predicted molar refractivity (Wildman–Crippen MR) is 127 cm³/mol. The van der Waals surface area contributed by atoms with E-state index in [1.807, 2.05) is 6.92 Å². The van der Waals surface area contributed by atoms with Crippen LogP contribution in [-0.4, -0.2) is 31.0 Å². The molecular weight excluding hydrogens is 482 g/mol. The highest BCUT2D eigenvalue weighted by molar-refractivity contribution is 7.86. The Morgan fingerprint density at radius 2 is 1.53 bits per heavy atom. The second-order valence-corrected chi connectivity index (χ2v) is 10.6. The van der Waals surface area contributed by atoms with Crippen molar-refractivity contribution in [2.75, 3.05) is 5.73 Å². The molecule has 0 spiro atoms. The van der Waals surface area contributed by atoms with E-state index in [1.165, 1.54) is 12.1 Å². The molecule has 0 saturated heterocycles. The Balaban J connectivity index is 1.93. The molecule has 0 bridgehead atoms. The number of aromatic hydroxyl groups is 1. The Morgan fingerprint density at radius 1 is 0.824 bits per heavy atom. The number of hydrogen-bond donors (Lipinski definition) is 4. The first kappa shape index (κ1) is 23.6. The fraction of sp³-hybridized carbons (Fsp3) is 0.0909. The number of hydrogen-bond acceptors (Lipinski definition) is 8. The highest BCUT2D eigenvalue weighted by atomic mass is 32.2. The minimum atomic E-state index is -4.67. The van der Waals surface area contributed by atoms with Gasteiger partial charge in [0.25, 0.3) is 20.2 Å². The summed E-state index contributed by atoms with van der Waals surface area (Å²) in [6.07, 6.45) is 0. The summed E-state index contributed by atoms with van der Waals surface area (Å²) >= 11 is 0. The van der Waals surface area contributed by atoms with E-state index in [1.54, 1.807) is 31.2 Å². The van der Waals surface area contributed by atoms with E-state index in [4.69, 9.17) is 5.73 Å². The summed E-state index contributed by atoms with van der Waals surface area (Å²) in [6.45, 7) is 3.41. The second kappa shape index (κ2) is 8.02. The zero-order valence-electron chi connectivity index (χ0n) is 17.9. The Bertz CT molecular complexity index is 1750. The molecule has 0 saturated carbocycles. The van der Waals surface area contributed by atoms with E-state index in [-0.39, 0.29) is 33.2 Å². The lowest BCUT2D eigenvalue weighted by atomic mass is 10.0. The van der Waals surface area contributed by atoms with Gasteiger partial charge in [0.15, 0.2) is 5.75 Å². The molecule has 0 atom stereocenters. The van der Waals surface area contributed by atoms with Crippen molar-refractivity contribution < 1.29 is 31.0 Å². The van der Waals surface area contributed by atoms with Gasteiger partial charge in [-0.05, 0) is 54.4 Å². The topological polar surface area (TPSA) is 180 Å². The van der Waals surface area contributed by atoms with Gasteiger partial charge in [-0.15, -0.1) is 10.2 Å². The van der Waals surface area contributed by atoms with Gasteiger partial charge >= 0.3 is 0 Å². The van der Waals surface area contributed by atoms with E-state index in [0.29, 0.717) is 10.9 Å². The molecule has 5 N–H and O–H groups in total. The zero-order valence-corrected chi connectivity index (χ0v) is 19.5. The first-order valence-electron chi connectivity index (χ1n) is 9.73. The Labute approximate surface area is 194 Å². The van der Waals surface area contributed by atoms with Crippen molar-refractivity contribution in [2.24, 2.45) is 10.2 Å². The molecule has 176 valence electrons. The number of phenols is 1. The normalized spacial score (nSPS) is 12.7. The monoisotopic (exact) mass is 501 g/mol. The smallest absolute Gasteiger partial charge is 0.297 e. The molecule has 0 heterocycles. The van der Waals surface area contributed by atoms with Gasteiger partial charge in [-0.25, -0.2) is 0 Å². The molecule has 0 aliphatic heterocycles. The lowest BCUT2D eigenvalue weighted by Gasteiger charge is -2.11. The van der Waals surface area contributed by atoms with Crippen LogP contribution in [0.2, 0.25) is 0 Å². The van der Waals surface area contributed by atoms with Crippen LogP contribution in [0.3, 0.4) is 0 Å². The lowest BCUT2D eigenvalue weighted by molar-refractivity contribution is 0.480. The van der Waals surface area contributed by atoms with Crippen molar-refractivity contribution in [3.8, 4) is 5.75 Å². The van der Waals surface area contributed by atoms with Gasteiger partial charge in [-0.1, -0.05) is 29.8 Å². The molecule has 0 fully saturated rings. The molecule has 0 aliphatic carbocycles. The first-order chi connectivity index (χ1) is 15.8. The van der Waals surface area contributed by atoms with Gasteiger partial charge < -0.3 is 10.8 Å². The summed E-state index contributed by atoms with van der Waals surface area (Å²) in [6, 6.07) is 11.7. The highest BCUT2D eigenvalue weighted by Gasteiger charge is 2.21. The fourth-order valence-electron chi connectivity index (χ4n) is 3.79. The Morgan fingerprint density at radius 3 is 2.18 bits per heavy atom. The maximum Gasteiger partial charge on any atom is 0.297 e. The molecule has 0 amide bonds. The van der Waals surface area contributed by atoms with Crippen LogP contribution in [-0.2, 0) is 20.2 Å². The van der Waals surface area contributed by atoms with Gasteiger partial charge in [0.1, 0.15) is 16.3 Å². The molecule has 0 radical (unpaired) electrons. The van der Waals surface area contributed by atoms with Crippen LogP contribution in [0.15, 0.2) is 68.6 Å². The van der Waals surface area contributed by atoms with Gasteiger partial charge in [0.05, 0.1) is 4.90 Å². The van der Waals surface area contributed by atoms with Crippen molar-refractivity contribution in [1.82, 2.24) is 0 Å². The number of fused-ring (bicyclic) bond motifs is 2. The molecule has 0 aliphatic rings. The largest absolute Gasteiger partial charge is 0.505 e. The minimum absolute atomic E-state index is 0.0379. The molecule has 34 heavy (non-hydrogen) atoms. The summed E-state index contributed by atoms with van der Waals surface area (Å²) in [5.41, 5.74) is 6.87. The van der Waals surface area contributed by atoms with E-state index in [2.05, 4.69) is 10.2 Å². The number of phenolic OH excluding ortho intramolecular Hbond substituents is 1. The number of nitrogens with two attached hydrogens (primary N) is 1. The van der Waals surface area contributed by atoms with Crippen LogP contribution in [0.25, 0.3) is 21.5 Å². The third-order valence-electron chi connectivity index (χ3n) is 5.30. The molecule has 4 rings (SSSR count). The van der Waals surface area contributed by atoms with Gasteiger partial charge in [0.2, 0.25) is 0 Å². The standard InChI is InChI=1S/C22H19N3O7S2/c1-11-3-5-16-13(7-11)4-6-18(22(16)34(30,31)32)24-25-20-12(2)8-14-9-15(33(27,28)29)10-17(23)19(14)21(20)26/h3-10,26H,23H2,1-2H3,(H,27,28,29)(H,30,31,32). The van der Waals surface area contributed by atoms with Crippen molar-refractivity contribution in [3.05, 3.63) is 59.7 Å². The number of azo groups is 1. The summed E-state index contributed by atoms with van der Waals surface area (Å²) in [5, 5.41) is 19.9. The average Bonchev–Trinajstić information content (AvgIpc) is 2.71. The zero-order chi connectivity index (χ0) is 25.0. The number of rotatable bonds is 4. The summed E-state index contributed by atoms with van der Waals surface area (Å²) < 4.78 is 66.4. The molecule has 0 aromatic heterocycles. The SMILES string of the molecule is Cc1ccc2c(S(=O)(=O)O)c(N=Nc3c(C)cc4cc(S(=O)(=O)O)cc(N)c4c3O)ccc2c1. The number of nitrogen functional groups attached to an aromatic ring is 1. The second-order valence-electron chi connectivity index (χ2n) is 7.79. The number of nitrogens with zero attached hydrogens (tertiary/aromatic N) is 2. The van der Waals surface area contributed by atoms with E-state index >= 15 is 0 Å². The summed E-state index contributed by atoms with van der Waals surface area (Å²) in [4.78, 5) is -0.862. The predicted octanol–water partition coefficient (Wildman–Crippen LogP) is 4.81. The van der Waals surface area contributed by atoms with Crippen LogP contribution in [0.5, 0.6) is 5.75 Å². The third kappa shape index (κ3) is 4.19. The number of benzene rings is 4. The van der Waals surface area contributed by atoms with Gasteiger partial charge in [-0.2, -0.15) is 16.8 Å². The number of aryl methyl sites for hydroxylation is 2. The van der Waals surface area contributed by atoms with E-state index in [9.17, 15) is 31.0 Å². The van der Waals surface area contributed by atoms with Crippen molar-refractivity contribution in [1.29, 1.82) is 0 Å². The van der Waals surface area contributed by atoms with Crippen molar-refractivity contribution in [2.45, 2.75) is 23.6 Å². The Kier molecular flexibility index (Phi) is 5.56.